The summed E-state index contributed by atoms with van der Waals surface area (Å²) in [5.74, 6) is 0.377. The van der Waals surface area contributed by atoms with E-state index in [9.17, 15) is 9.90 Å². The van der Waals surface area contributed by atoms with E-state index in [1.54, 1.807) is 7.11 Å². The van der Waals surface area contributed by atoms with E-state index >= 15 is 0 Å². The summed E-state index contributed by atoms with van der Waals surface area (Å²) >= 11 is 0. The second-order valence-electron chi connectivity index (χ2n) is 7.59. The van der Waals surface area contributed by atoms with Crippen molar-refractivity contribution in [3.63, 3.8) is 0 Å². The van der Waals surface area contributed by atoms with Crippen LogP contribution >= 0.6 is 0 Å². The lowest BCUT2D eigenvalue weighted by Crippen LogP contribution is -2.38. The molecular weight excluding hydrogens is 404 g/mol. The van der Waals surface area contributed by atoms with Crippen LogP contribution in [0, 0.1) is 0 Å². The molecule has 1 atom stereocenters. The molecule has 0 aliphatic carbocycles. The topological polar surface area (TPSA) is 83.6 Å². The van der Waals surface area contributed by atoms with Crippen molar-refractivity contribution < 1.29 is 19.4 Å². The van der Waals surface area contributed by atoms with Gasteiger partial charge in [-0.25, -0.2) is 0 Å². The van der Waals surface area contributed by atoms with E-state index in [1.807, 2.05) is 79.0 Å². The smallest absolute Gasteiger partial charge is 0.321 e. The number of aromatic nitrogens is 1. The Balaban J connectivity index is 1.41. The molecule has 0 spiro atoms. The first-order valence-corrected chi connectivity index (χ1v) is 10.5. The molecule has 0 amide bonds. The third kappa shape index (κ3) is 5.10. The second kappa shape index (κ2) is 10.0. The molecule has 1 aromatic heterocycles. The van der Waals surface area contributed by atoms with E-state index in [0.29, 0.717) is 31.1 Å². The van der Waals surface area contributed by atoms with Crippen LogP contribution in [0.25, 0.3) is 10.9 Å². The van der Waals surface area contributed by atoms with Gasteiger partial charge in [-0.1, -0.05) is 54.6 Å². The third-order valence-corrected chi connectivity index (χ3v) is 5.41. The van der Waals surface area contributed by atoms with E-state index in [1.165, 1.54) is 0 Å². The number of H-pyrrole nitrogens is 1. The lowest BCUT2D eigenvalue weighted by Gasteiger charge is -2.16. The van der Waals surface area contributed by atoms with Gasteiger partial charge in [0.15, 0.2) is 11.5 Å². The van der Waals surface area contributed by atoms with Gasteiger partial charge in [0.05, 0.1) is 7.11 Å². The quantitative estimate of drug-likeness (QED) is 0.344. The Kier molecular flexibility index (Phi) is 6.72. The van der Waals surface area contributed by atoms with Crippen molar-refractivity contribution in [3.8, 4) is 11.5 Å². The molecule has 0 aliphatic rings. The Hall–Kier alpha value is -3.77. The molecule has 4 aromatic rings. The molecule has 4 rings (SSSR count). The molecule has 0 fully saturated rings. The van der Waals surface area contributed by atoms with Crippen LogP contribution in [0.2, 0.25) is 0 Å². The zero-order valence-corrected chi connectivity index (χ0v) is 17.9. The summed E-state index contributed by atoms with van der Waals surface area (Å²) in [5, 5.41) is 13.9. The van der Waals surface area contributed by atoms with Crippen LogP contribution in [0.1, 0.15) is 16.7 Å². The van der Waals surface area contributed by atoms with Crippen molar-refractivity contribution in [2.75, 3.05) is 7.11 Å². The summed E-state index contributed by atoms with van der Waals surface area (Å²) in [6.45, 7) is 0.842. The van der Waals surface area contributed by atoms with Crippen LogP contribution < -0.4 is 14.8 Å². The van der Waals surface area contributed by atoms with Crippen molar-refractivity contribution in [2.24, 2.45) is 0 Å². The number of aliphatic carboxylic acids is 1. The van der Waals surface area contributed by atoms with Crippen LogP contribution in [0.15, 0.2) is 79.0 Å². The number of carboxylic acids is 1. The molecule has 0 radical (unpaired) electrons. The summed E-state index contributed by atoms with van der Waals surface area (Å²) in [7, 11) is 1.60. The van der Waals surface area contributed by atoms with E-state index in [0.717, 1.165) is 27.6 Å². The van der Waals surface area contributed by atoms with Gasteiger partial charge in [-0.05, 0) is 34.9 Å². The molecule has 1 heterocycles. The predicted octanol–water partition coefficient (Wildman–Crippen LogP) is 4.54. The number of hydrogen-bond acceptors (Lipinski definition) is 4. The maximum absolute atomic E-state index is 11.9. The number of rotatable bonds is 10. The van der Waals surface area contributed by atoms with Gasteiger partial charge >= 0.3 is 5.97 Å². The Morgan fingerprint density at radius 1 is 1.00 bits per heavy atom. The zero-order valence-electron chi connectivity index (χ0n) is 17.9. The number of benzene rings is 3. The Labute approximate surface area is 186 Å². The van der Waals surface area contributed by atoms with Gasteiger partial charge in [0.25, 0.3) is 0 Å². The van der Waals surface area contributed by atoms with Crippen LogP contribution in [0.3, 0.4) is 0 Å². The van der Waals surface area contributed by atoms with Gasteiger partial charge in [-0.2, -0.15) is 0 Å². The average Bonchev–Trinajstić information content (AvgIpc) is 3.24. The number of para-hydroxylation sites is 1. The summed E-state index contributed by atoms with van der Waals surface area (Å²) < 4.78 is 11.4. The first-order chi connectivity index (χ1) is 15.6. The SMILES string of the molecule is COc1cc(CN[C@@H](Cc2c[nH]c3ccccc23)C(=O)O)ccc1OCc1ccccc1. The minimum absolute atomic E-state index is 0.384. The minimum atomic E-state index is -0.884. The molecule has 3 N–H and O–H groups in total. The fourth-order valence-corrected chi connectivity index (χ4v) is 3.68. The first kappa shape index (κ1) is 21.5. The second-order valence-corrected chi connectivity index (χ2v) is 7.59. The Morgan fingerprint density at radius 3 is 2.56 bits per heavy atom. The maximum atomic E-state index is 11.9. The number of nitrogens with one attached hydrogen (secondary N) is 2. The predicted molar refractivity (Wildman–Crippen MR) is 124 cm³/mol. The number of aromatic amines is 1. The lowest BCUT2D eigenvalue weighted by molar-refractivity contribution is -0.139. The van der Waals surface area contributed by atoms with Crippen LogP contribution in [-0.4, -0.2) is 29.2 Å². The van der Waals surface area contributed by atoms with Crippen molar-refractivity contribution in [2.45, 2.75) is 25.6 Å². The van der Waals surface area contributed by atoms with E-state index in [4.69, 9.17) is 9.47 Å². The van der Waals surface area contributed by atoms with Gasteiger partial charge < -0.3 is 24.9 Å². The van der Waals surface area contributed by atoms with Gasteiger partial charge in [-0.15, -0.1) is 0 Å². The minimum Gasteiger partial charge on any atom is -0.493 e. The highest BCUT2D eigenvalue weighted by molar-refractivity contribution is 5.84. The fraction of sp³-hybridized carbons (Fsp3) is 0.192. The zero-order chi connectivity index (χ0) is 22.3. The fourth-order valence-electron chi connectivity index (χ4n) is 3.68. The average molecular weight is 431 g/mol. The van der Waals surface area contributed by atoms with Gasteiger partial charge in [0.1, 0.15) is 12.6 Å². The highest BCUT2D eigenvalue weighted by Crippen LogP contribution is 2.29. The summed E-state index contributed by atoms with van der Waals surface area (Å²) in [4.78, 5) is 15.1. The van der Waals surface area contributed by atoms with Crippen molar-refractivity contribution in [1.82, 2.24) is 10.3 Å². The molecule has 0 saturated carbocycles. The van der Waals surface area contributed by atoms with Gasteiger partial charge in [0.2, 0.25) is 0 Å². The molecular formula is C26H26N2O4. The highest BCUT2D eigenvalue weighted by Gasteiger charge is 2.19. The monoisotopic (exact) mass is 430 g/mol. The van der Waals surface area contributed by atoms with E-state index in [2.05, 4.69) is 10.3 Å². The molecule has 6 heteroatoms. The molecule has 32 heavy (non-hydrogen) atoms. The number of ether oxygens (including phenoxy) is 2. The molecule has 6 nitrogen and oxygen atoms in total. The molecule has 164 valence electrons. The molecule has 3 aromatic carbocycles. The lowest BCUT2D eigenvalue weighted by atomic mass is 10.0. The Bertz CT molecular complexity index is 1190. The van der Waals surface area contributed by atoms with E-state index < -0.39 is 12.0 Å². The molecule has 0 aliphatic heterocycles. The van der Waals surface area contributed by atoms with E-state index in [-0.39, 0.29) is 0 Å². The number of hydrogen-bond donors (Lipinski definition) is 3. The number of methoxy groups -OCH3 is 1. The summed E-state index contributed by atoms with van der Waals surface area (Å²) in [6, 6.07) is 22.7. The van der Waals surface area contributed by atoms with Gasteiger partial charge in [0, 0.05) is 30.1 Å². The maximum Gasteiger partial charge on any atom is 0.321 e. The summed E-state index contributed by atoms with van der Waals surface area (Å²) in [5.41, 5.74) is 3.96. The van der Waals surface area contributed by atoms with Crippen LogP contribution in [-0.2, 0) is 24.4 Å². The summed E-state index contributed by atoms with van der Waals surface area (Å²) in [6.07, 6.45) is 2.26. The Morgan fingerprint density at radius 2 is 1.78 bits per heavy atom. The number of carboxylic acid groups (broad SMARTS) is 1. The molecule has 0 saturated heterocycles. The van der Waals surface area contributed by atoms with Crippen molar-refractivity contribution in [1.29, 1.82) is 0 Å². The van der Waals surface area contributed by atoms with Crippen molar-refractivity contribution in [3.05, 3.63) is 95.7 Å². The van der Waals surface area contributed by atoms with Crippen LogP contribution in [0.4, 0.5) is 0 Å². The number of carbonyl (C=O) groups is 1. The third-order valence-electron chi connectivity index (χ3n) is 5.41. The molecule has 0 unspecified atom stereocenters. The first-order valence-electron chi connectivity index (χ1n) is 10.5. The number of fused-ring (bicyclic) bond motifs is 1. The van der Waals surface area contributed by atoms with Crippen molar-refractivity contribution >= 4 is 16.9 Å². The standard InChI is InChI=1S/C26H26N2O4/c1-31-25-13-19(11-12-24(25)32-17-18-7-3-2-4-8-18)15-27-23(26(29)30)14-20-16-28-22-10-6-5-9-21(20)22/h2-13,16,23,27-28H,14-15,17H2,1H3,(H,29,30)/t23-/m0/s1. The normalized spacial score (nSPS) is 11.9. The highest BCUT2D eigenvalue weighted by atomic mass is 16.5. The largest absolute Gasteiger partial charge is 0.493 e. The van der Waals surface area contributed by atoms with Crippen LogP contribution in [0.5, 0.6) is 11.5 Å². The van der Waals surface area contributed by atoms with Gasteiger partial charge in [-0.3, -0.25) is 4.79 Å². The molecule has 0 bridgehead atoms.